The summed E-state index contributed by atoms with van der Waals surface area (Å²) >= 11 is 0. The van der Waals surface area contributed by atoms with Crippen LogP contribution >= 0.6 is 0 Å². The molecule has 0 bridgehead atoms. The molecule has 0 spiro atoms. The van der Waals surface area contributed by atoms with E-state index in [1.165, 1.54) is 12.1 Å². The highest BCUT2D eigenvalue weighted by Crippen LogP contribution is 2.34. The Kier molecular flexibility index (Phi) is 8.25. The molecule has 0 saturated carbocycles. The van der Waals surface area contributed by atoms with Crippen molar-refractivity contribution in [2.45, 2.75) is 19.1 Å². The third-order valence-electron chi connectivity index (χ3n) is 5.04. The molecule has 0 saturated heterocycles. The molecule has 9 heteroatoms. The van der Waals surface area contributed by atoms with Gasteiger partial charge < -0.3 is 20.7 Å². The molecule has 6 nitrogen and oxygen atoms in total. The Balaban J connectivity index is 1.76. The molecule has 0 aliphatic heterocycles. The van der Waals surface area contributed by atoms with Gasteiger partial charge in [0.05, 0.1) is 11.3 Å². The second-order valence-corrected chi connectivity index (χ2v) is 8.05. The average molecular weight is 473 g/mol. The Morgan fingerprint density at radius 3 is 2.47 bits per heavy atom. The van der Waals surface area contributed by atoms with Gasteiger partial charge >= 0.3 is 6.18 Å². The van der Waals surface area contributed by atoms with Gasteiger partial charge in [0.15, 0.2) is 0 Å². The van der Waals surface area contributed by atoms with Crippen LogP contribution < -0.4 is 15.8 Å². The van der Waals surface area contributed by atoms with Gasteiger partial charge in [-0.3, -0.25) is 4.79 Å². The molecule has 0 aliphatic carbocycles. The van der Waals surface area contributed by atoms with Crippen molar-refractivity contribution in [3.05, 3.63) is 77.5 Å². The van der Waals surface area contributed by atoms with E-state index in [4.69, 9.17) is 10.5 Å². The lowest BCUT2D eigenvalue weighted by atomic mass is 10.1. The van der Waals surface area contributed by atoms with E-state index < -0.39 is 17.6 Å². The Hall–Kier alpha value is -3.43. The predicted molar refractivity (Wildman–Crippen MR) is 125 cm³/mol. The lowest BCUT2D eigenvalue weighted by Gasteiger charge is -2.16. The molecule has 0 radical (unpaired) electrons. The van der Waals surface area contributed by atoms with Gasteiger partial charge in [0.2, 0.25) is 0 Å². The number of hydrogen-bond acceptors (Lipinski definition) is 5. The quantitative estimate of drug-likeness (QED) is 0.418. The number of rotatable bonds is 10. The van der Waals surface area contributed by atoms with Gasteiger partial charge in [-0.25, -0.2) is 4.98 Å². The molecular formula is C25H27F3N4O2. The van der Waals surface area contributed by atoms with E-state index in [2.05, 4.69) is 10.3 Å². The molecule has 0 unspecified atom stereocenters. The Labute approximate surface area is 196 Å². The number of aromatic nitrogens is 1. The van der Waals surface area contributed by atoms with Crippen LogP contribution in [0.1, 0.15) is 28.0 Å². The fraction of sp³-hybridized carbons (Fsp3) is 0.280. The number of alkyl halides is 3. The van der Waals surface area contributed by atoms with Crippen molar-refractivity contribution in [1.29, 1.82) is 0 Å². The number of nitrogens with one attached hydrogen (secondary N) is 1. The van der Waals surface area contributed by atoms with Gasteiger partial charge in [-0.05, 0) is 88.2 Å². The fourth-order valence-electron chi connectivity index (χ4n) is 3.29. The molecule has 1 amide bonds. The highest BCUT2D eigenvalue weighted by Gasteiger charge is 2.31. The first-order valence-electron chi connectivity index (χ1n) is 10.7. The molecule has 0 aliphatic rings. The van der Waals surface area contributed by atoms with Crippen molar-refractivity contribution in [3.8, 4) is 22.8 Å². The summed E-state index contributed by atoms with van der Waals surface area (Å²) in [6.45, 7) is 1.79. The molecule has 3 aromatic rings. The molecule has 3 rings (SSSR count). The first-order chi connectivity index (χ1) is 16.1. The van der Waals surface area contributed by atoms with Gasteiger partial charge in [0.1, 0.15) is 17.2 Å². The topological polar surface area (TPSA) is 80.5 Å². The van der Waals surface area contributed by atoms with Crippen LogP contribution in [-0.4, -0.2) is 43.0 Å². The average Bonchev–Trinajstić information content (AvgIpc) is 2.79. The van der Waals surface area contributed by atoms with Crippen molar-refractivity contribution >= 4 is 5.91 Å². The fourth-order valence-corrected chi connectivity index (χ4v) is 3.29. The van der Waals surface area contributed by atoms with E-state index in [0.29, 0.717) is 29.3 Å². The van der Waals surface area contributed by atoms with Crippen LogP contribution in [0.5, 0.6) is 11.5 Å². The van der Waals surface area contributed by atoms with Crippen LogP contribution in [0.25, 0.3) is 11.3 Å². The Morgan fingerprint density at radius 1 is 1.09 bits per heavy atom. The Bertz CT molecular complexity index is 1120. The lowest BCUT2D eigenvalue weighted by molar-refractivity contribution is -0.137. The first kappa shape index (κ1) is 25.2. The van der Waals surface area contributed by atoms with Crippen molar-refractivity contribution in [3.63, 3.8) is 0 Å². The number of nitrogens with two attached hydrogens (primary N) is 1. The second-order valence-electron chi connectivity index (χ2n) is 8.05. The molecule has 1 aromatic heterocycles. The number of nitrogens with zero attached hydrogens (tertiary/aromatic N) is 2. The number of halogens is 3. The normalized spacial score (nSPS) is 11.6. The summed E-state index contributed by atoms with van der Waals surface area (Å²) in [7, 11) is 3.93. The molecular weight excluding hydrogens is 445 g/mol. The van der Waals surface area contributed by atoms with E-state index in [1.54, 1.807) is 36.4 Å². The number of amides is 1. The van der Waals surface area contributed by atoms with Crippen molar-refractivity contribution in [1.82, 2.24) is 15.2 Å². The van der Waals surface area contributed by atoms with Crippen LogP contribution in [0.3, 0.4) is 0 Å². The van der Waals surface area contributed by atoms with Gasteiger partial charge in [-0.1, -0.05) is 6.07 Å². The summed E-state index contributed by atoms with van der Waals surface area (Å²) in [6, 6.07) is 15.3. The monoisotopic (exact) mass is 472 g/mol. The summed E-state index contributed by atoms with van der Waals surface area (Å²) in [4.78, 5) is 17.6. The van der Waals surface area contributed by atoms with E-state index in [1.807, 2.05) is 19.0 Å². The van der Waals surface area contributed by atoms with E-state index >= 15 is 0 Å². The number of ether oxygens (including phenoxy) is 1. The summed E-state index contributed by atoms with van der Waals surface area (Å²) in [5.41, 5.74) is 6.45. The van der Waals surface area contributed by atoms with Crippen LogP contribution in [-0.2, 0) is 12.7 Å². The minimum absolute atomic E-state index is 0.158. The number of hydrogen-bond donors (Lipinski definition) is 2. The summed E-state index contributed by atoms with van der Waals surface area (Å²) < 4.78 is 45.6. The van der Waals surface area contributed by atoms with Crippen LogP contribution in [0, 0.1) is 0 Å². The van der Waals surface area contributed by atoms with E-state index in [-0.39, 0.29) is 12.2 Å². The molecule has 0 atom stereocenters. The number of pyridine rings is 1. The minimum atomic E-state index is -4.44. The number of primary amides is 1. The van der Waals surface area contributed by atoms with E-state index in [9.17, 15) is 18.0 Å². The molecule has 180 valence electrons. The van der Waals surface area contributed by atoms with E-state index in [0.717, 1.165) is 30.7 Å². The van der Waals surface area contributed by atoms with Crippen molar-refractivity contribution in [2.24, 2.45) is 5.73 Å². The summed E-state index contributed by atoms with van der Waals surface area (Å²) in [5, 5.41) is 3.19. The third-order valence-corrected chi connectivity index (χ3v) is 5.04. The standard InChI is InChI=1S/C25H27F3N4O2/c1-32(2)14-4-13-30-16-18-15-19(25(26,27)28)9-12-23(18)34-20-10-7-17(8-11-20)21-5-3-6-22(31-21)24(29)33/h3,5-12,15,30H,4,13-14,16H2,1-2H3,(H2,29,33). The lowest BCUT2D eigenvalue weighted by Crippen LogP contribution is -2.21. The zero-order chi connectivity index (χ0) is 24.7. The molecule has 1 heterocycles. The maximum atomic E-state index is 13.2. The summed E-state index contributed by atoms with van der Waals surface area (Å²) in [6.07, 6.45) is -3.57. The number of benzene rings is 2. The predicted octanol–water partition coefficient (Wildman–Crippen LogP) is 4.70. The largest absolute Gasteiger partial charge is 0.457 e. The smallest absolute Gasteiger partial charge is 0.416 e. The SMILES string of the molecule is CN(C)CCCNCc1cc(C(F)(F)F)ccc1Oc1ccc(-c2cccc(C(N)=O)n2)cc1. The number of carbonyl (C=O) groups excluding carboxylic acids is 1. The molecule has 3 N–H and O–H groups in total. The number of carbonyl (C=O) groups is 1. The highest BCUT2D eigenvalue weighted by atomic mass is 19.4. The molecule has 2 aromatic carbocycles. The molecule has 0 fully saturated rings. The van der Waals surface area contributed by atoms with Crippen LogP contribution in [0.15, 0.2) is 60.7 Å². The van der Waals surface area contributed by atoms with Crippen molar-refractivity contribution < 1.29 is 22.7 Å². The van der Waals surface area contributed by atoms with Gasteiger partial charge in [0, 0.05) is 17.7 Å². The van der Waals surface area contributed by atoms with Gasteiger partial charge in [0.25, 0.3) is 5.91 Å². The zero-order valence-electron chi connectivity index (χ0n) is 19.0. The summed E-state index contributed by atoms with van der Waals surface area (Å²) in [5.74, 6) is 0.185. The second kappa shape index (κ2) is 11.1. The molecule has 34 heavy (non-hydrogen) atoms. The van der Waals surface area contributed by atoms with Gasteiger partial charge in [-0.15, -0.1) is 0 Å². The maximum absolute atomic E-state index is 13.2. The third kappa shape index (κ3) is 7.03. The Morgan fingerprint density at radius 2 is 1.82 bits per heavy atom. The highest BCUT2D eigenvalue weighted by molar-refractivity contribution is 5.91. The van der Waals surface area contributed by atoms with Crippen LogP contribution in [0.4, 0.5) is 13.2 Å². The zero-order valence-corrected chi connectivity index (χ0v) is 19.0. The maximum Gasteiger partial charge on any atom is 0.416 e. The van der Waals surface area contributed by atoms with Crippen LogP contribution in [0.2, 0.25) is 0 Å². The van der Waals surface area contributed by atoms with Crippen molar-refractivity contribution in [2.75, 3.05) is 27.2 Å². The van der Waals surface area contributed by atoms with Gasteiger partial charge in [-0.2, -0.15) is 13.2 Å². The first-order valence-corrected chi connectivity index (χ1v) is 10.7. The minimum Gasteiger partial charge on any atom is -0.457 e.